The number of nitrogens with one attached hydrogen (secondary N) is 1. The number of methoxy groups -OCH3 is 1. The van der Waals surface area contributed by atoms with Gasteiger partial charge in [0.1, 0.15) is 0 Å². The standard InChI is InChI=1S/C15H25NO3/c1-3-16-13-15(14-7-5-4-6-8-14)19-12-11-18-10-9-17-2/h4-8,15-16H,3,9-13H2,1-2H3. The molecule has 0 bridgehead atoms. The maximum absolute atomic E-state index is 5.88. The highest BCUT2D eigenvalue weighted by atomic mass is 16.5. The first-order valence-electron chi connectivity index (χ1n) is 6.82. The Balaban J connectivity index is 2.30. The van der Waals surface area contributed by atoms with E-state index in [1.165, 1.54) is 5.56 Å². The number of hydrogen-bond acceptors (Lipinski definition) is 4. The van der Waals surface area contributed by atoms with Gasteiger partial charge in [-0.1, -0.05) is 37.3 Å². The van der Waals surface area contributed by atoms with Crippen molar-refractivity contribution in [2.45, 2.75) is 13.0 Å². The Labute approximate surface area is 116 Å². The van der Waals surface area contributed by atoms with Crippen LogP contribution in [-0.4, -0.2) is 46.6 Å². The van der Waals surface area contributed by atoms with E-state index in [0.29, 0.717) is 26.4 Å². The van der Waals surface area contributed by atoms with Crippen LogP contribution < -0.4 is 5.32 Å². The zero-order valence-corrected chi connectivity index (χ0v) is 11.9. The second-order valence-corrected chi connectivity index (χ2v) is 4.18. The van der Waals surface area contributed by atoms with Gasteiger partial charge in [-0.15, -0.1) is 0 Å². The first kappa shape index (κ1) is 16.1. The summed E-state index contributed by atoms with van der Waals surface area (Å²) < 4.78 is 16.2. The fraction of sp³-hybridized carbons (Fsp3) is 0.600. The van der Waals surface area contributed by atoms with Crippen LogP contribution in [0.3, 0.4) is 0 Å². The van der Waals surface area contributed by atoms with Crippen LogP contribution in [0.2, 0.25) is 0 Å². The molecule has 0 aromatic heterocycles. The maximum Gasteiger partial charge on any atom is 0.0950 e. The molecule has 19 heavy (non-hydrogen) atoms. The van der Waals surface area contributed by atoms with Crippen LogP contribution >= 0.6 is 0 Å². The van der Waals surface area contributed by atoms with Crippen LogP contribution in [0.25, 0.3) is 0 Å². The second-order valence-electron chi connectivity index (χ2n) is 4.18. The molecule has 1 rings (SSSR count). The summed E-state index contributed by atoms with van der Waals surface area (Å²) in [6, 6.07) is 10.3. The summed E-state index contributed by atoms with van der Waals surface area (Å²) in [5.41, 5.74) is 1.19. The average Bonchev–Trinajstić information content (AvgIpc) is 2.46. The van der Waals surface area contributed by atoms with Gasteiger partial charge in [-0.25, -0.2) is 0 Å². The molecular formula is C15H25NO3. The third-order valence-corrected chi connectivity index (χ3v) is 2.73. The molecule has 1 unspecified atom stereocenters. The number of benzene rings is 1. The molecule has 0 amide bonds. The van der Waals surface area contributed by atoms with E-state index < -0.39 is 0 Å². The van der Waals surface area contributed by atoms with Crippen LogP contribution in [0.4, 0.5) is 0 Å². The van der Waals surface area contributed by atoms with Crippen molar-refractivity contribution in [3.8, 4) is 0 Å². The summed E-state index contributed by atoms with van der Waals surface area (Å²) in [6.07, 6.45) is 0.0761. The van der Waals surface area contributed by atoms with Gasteiger partial charge < -0.3 is 19.5 Å². The zero-order chi connectivity index (χ0) is 13.8. The molecule has 0 aliphatic rings. The third-order valence-electron chi connectivity index (χ3n) is 2.73. The quantitative estimate of drug-likeness (QED) is 0.623. The molecule has 4 heteroatoms. The Morgan fingerprint density at radius 3 is 2.47 bits per heavy atom. The van der Waals surface area contributed by atoms with Gasteiger partial charge in [0.25, 0.3) is 0 Å². The molecule has 108 valence electrons. The normalized spacial score (nSPS) is 12.5. The molecule has 0 aliphatic carbocycles. The minimum Gasteiger partial charge on any atom is -0.382 e. The Morgan fingerprint density at radius 2 is 1.79 bits per heavy atom. The molecular weight excluding hydrogens is 242 g/mol. The summed E-state index contributed by atoms with van der Waals surface area (Å²) in [5, 5.41) is 3.32. The molecule has 1 N–H and O–H groups in total. The highest BCUT2D eigenvalue weighted by Crippen LogP contribution is 2.15. The first-order valence-corrected chi connectivity index (χ1v) is 6.82. The van der Waals surface area contributed by atoms with E-state index in [1.807, 2.05) is 18.2 Å². The summed E-state index contributed by atoms with van der Waals surface area (Å²) >= 11 is 0. The monoisotopic (exact) mass is 267 g/mol. The van der Waals surface area contributed by atoms with Gasteiger partial charge in [0.15, 0.2) is 0 Å². The van der Waals surface area contributed by atoms with E-state index in [9.17, 15) is 0 Å². The average molecular weight is 267 g/mol. The van der Waals surface area contributed by atoms with E-state index in [1.54, 1.807) is 7.11 Å². The number of likely N-dealkylation sites (N-methyl/N-ethyl adjacent to an activating group) is 1. The number of hydrogen-bond donors (Lipinski definition) is 1. The van der Waals surface area contributed by atoms with Gasteiger partial charge in [0.05, 0.1) is 32.5 Å². The van der Waals surface area contributed by atoms with Crippen molar-refractivity contribution >= 4 is 0 Å². The van der Waals surface area contributed by atoms with Crippen LogP contribution in [0.5, 0.6) is 0 Å². The van der Waals surface area contributed by atoms with E-state index in [4.69, 9.17) is 14.2 Å². The van der Waals surface area contributed by atoms with E-state index in [-0.39, 0.29) is 6.10 Å². The molecule has 0 saturated carbocycles. The minimum absolute atomic E-state index is 0.0761. The van der Waals surface area contributed by atoms with Crippen LogP contribution in [0, 0.1) is 0 Å². The largest absolute Gasteiger partial charge is 0.382 e. The molecule has 0 saturated heterocycles. The minimum atomic E-state index is 0.0761. The molecule has 1 aromatic rings. The highest BCUT2D eigenvalue weighted by molar-refractivity contribution is 5.17. The van der Waals surface area contributed by atoms with Crippen molar-refractivity contribution in [1.29, 1.82) is 0 Å². The fourth-order valence-electron chi connectivity index (χ4n) is 1.71. The smallest absolute Gasteiger partial charge is 0.0950 e. The topological polar surface area (TPSA) is 39.7 Å². The SMILES string of the molecule is CCNCC(OCCOCCOC)c1ccccc1. The number of ether oxygens (including phenoxy) is 3. The molecule has 0 spiro atoms. The first-order chi connectivity index (χ1) is 9.38. The van der Waals surface area contributed by atoms with Gasteiger partial charge in [-0.3, -0.25) is 0 Å². The van der Waals surface area contributed by atoms with Crippen LogP contribution in [-0.2, 0) is 14.2 Å². The summed E-state index contributed by atoms with van der Waals surface area (Å²) in [4.78, 5) is 0. The summed E-state index contributed by atoms with van der Waals surface area (Å²) in [5.74, 6) is 0. The van der Waals surface area contributed by atoms with Crippen molar-refractivity contribution in [3.63, 3.8) is 0 Å². The lowest BCUT2D eigenvalue weighted by Gasteiger charge is -2.18. The molecule has 1 aromatic carbocycles. The zero-order valence-electron chi connectivity index (χ0n) is 11.9. The van der Waals surface area contributed by atoms with E-state index in [0.717, 1.165) is 13.1 Å². The molecule has 0 aliphatic heterocycles. The lowest BCUT2D eigenvalue weighted by atomic mass is 10.1. The summed E-state index contributed by atoms with van der Waals surface area (Å²) in [6.45, 7) is 6.28. The van der Waals surface area contributed by atoms with Crippen molar-refractivity contribution in [2.75, 3.05) is 46.6 Å². The molecule has 0 radical (unpaired) electrons. The van der Waals surface area contributed by atoms with E-state index in [2.05, 4.69) is 24.4 Å². The molecule has 0 fully saturated rings. The Hall–Kier alpha value is -0.940. The Morgan fingerprint density at radius 1 is 1.05 bits per heavy atom. The maximum atomic E-state index is 5.88. The Kier molecular flexibility index (Phi) is 9.27. The van der Waals surface area contributed by atoms with Gasteiger partial charge in [0, 0.05) is 13.7 Å². The van der Waals surface area contributed by atoms with Crippen molar-refractivity contribution in [3.05, 3.63) is 35.9 Å². The summed E-state index contributed by atoms with van der Waals surface area (Å²) in [7, 11) is 1.67. The van der Waals surface area contributed by atoms with Crippen LogP contribution in [0.15, 0.2) is 30.3 Å². The second kappa shape index (κ2) is 10.9. The van der Waals surface area contributed by atoms with Gasteiger partial charge >= 0.3 is 0 Å². The predicted molar refractivity (Wildman–Crippen MR) is 76.4 cm³/mol. The third kappa shape index (κ3) is 7.28. The van der Waals surface area contributed by atoms with Crippen molar-refractivity contribution < 1.29 is 14.2 Å². The lowest BCUT2D eigenvalue weighted by Crippen LogP contribution is -2.24. The lowest BCUT2D eigenvalue weighted by molar-refractivity contribution is -0.00671. The van der Waals surface area contributed by atoms with Gasteiger partial charge in [-0.05, 0) is 12.1 Å². The van der Waals surface area contributed by atoms with Crippen LogP contribution in [0.1, 0.15) is 18.6 Å². The molecule has 4 nitrogen and oxygen atoms in total. The molecule has 1 atom stereocenters. The van der Waals surface area contributed by atoms with Gasteiger partial charge in [0.2, 0.25) is 0 Å². The Bertz CT molecular complexity index is 306. The molecule has 0 heterocycles. The predicted octanol–water partition coefficient (Wildman–Crippen LogP) is 2.02. The van der Waals surface area contributed by atoms with Gasteiger partial charge in [-0.2, -0.15) is 0 Å². The van der Waals surface area contributed by atoms with Crippen molar-refractivity contribution in [2.24, 2.45) is 0 Å². The van der Waals surface area contributed by atoms with E-state index >= 15 is 0 Å². The number of rotatable bonds is 11. The highest BCUT2D eigenvalue weighted by Gasteiger charge is 2.10. The fourth-order valence-corrected chi connectivity index (χ4v) is 1.71. The van der Waals surface area contributed by atoms with Crippen molar-refractivity contribution in [1.82, 2.24) is 5.32 Å².